The second-order valence-electron chi connectivity index (χ2n) is 5.92. The number of halogens is 2. The lowest BCUT2D eigenvalue weighted by atomic mass is 9.78. The Morgan fingerprint density at radius 1 is 1.29 bits per heavy atom. The Balaban J connectivity index is 0.00000110. The monoisotopic (exact) mass is 334 g/mol. The van der Waals surface area contributed by atoms with Gasteiger partial charge in [0.15, 0.2) is 0 Å². The molecule has 0 radical (unpaired) electrons. The second-order valence-corrected chi connectivity index (χ2v) is 5.92. The van der Waals surface area contributed by atoms with Crippen LogP contribution in [0.25, 0.3) is 0 Å². The second kappa shape index (κ2) is 7.47. The standard InChI is InChI=1S/C14H22N4O.2ClH/c1-12(18-9-2-6-16-18)13(19)17-10-5-14(11-17)3-7-15-8-4-14;;/h2,6,9,12,15H,3-5,7-8,10-11H2,1H3;2*1H. The third kappa shape index (κ3) is 3.71. The molecule has 1 unspecified atom stereocenters. The van der Waals surface area contributed by atoms with Crippen molar-refractivity contribution in [2.75, 3.05) is 26.2 Å². The molecule has 2 saturated heterocycles. The molecule has 1 aromatic rings. The summed E-state index contributed by atoms with van der Waals surface area (Å²) in [5, 5.41) is 7.58. The number of likely N-dealkylation sites (tertiary alicyclic amines) is 1. The van der Waals surface area contributed by atoms with Crippen molar-refractivity contribution in [1.82, 2.24) is 20.0 Å². The van der Waals surface area contributed by atoms with Crippen LogP contribution in [0.3, 0.4) is 0 Å². The van der Waals surface area contributed by atoms with Crippen LogP contribution in [-0.4, -0.2) is 46.8 Å². The molecular weight excluding hydrogens is 311 g/mol. The van der Waals surface area contributed by atoms with E-state index < -0.39 is 0 Å². The van der Waals surface area contributed by atoms with Crippen molar-refractivity contribution >= 4 is 30.7 Å². The molecule has 7 heteroatoms. The van der Waals surface area contributed by atoms with Gasteiger partial charge in [-0.2, -0.15) is 5.10 Å². The van der Waals surface area contributed by atoms with Crippen molar-refractivity contribution in [3.05, 3.63) is 18.5 Å². The summed E-state index contributed by atoms with van der Waals surface area (Å²) >= 11 is 0. The molecule has 5 nitrogen and oxygen atoms in total. The van der Waals surface area contributed by atoms with Gasteiger partial charge in [0.25, 0.3) is 0 Å². The number of nitrogens with one attached hydrogen (secondary N) is 1. The Bertz CT molecular complexity index is 446. The summed E-state index contributed by atoms with van der Waals surface area (Å²) in [7, 11) is 0. The van der Waals surface area contributed by atoms with Crippen LogP contribution in [0.2, 0.25) is 0 Å². The maximum atomic E-state index is 12.5. The van der Waals surface area contributed by atoms with Crippen LogP contribution in [0, 0.1) is 5.41 Å². The molecule has 2 fully saturated rings. The maximum Gasteiger partial charge on any atom is 0.247 e. The molecule has 1 spiro atoms. The molecule has 0 saturated carbocycles. The molecule has 120 valence electrons. The summed E-state index contributed by atoms with van der Waals surface area (Å²) in [5.74, 6) is 0.208. The van der Waals surface area contributed by atoms with Gasteiger partial charge < -0.3 is 10.2 Å². The fraction of sp³-hybridized carbons (Fsp3) is 0.714. The quantitative estimate of drug-likeness (QED) is 0.898. The van der Waals surface area contributed by atoms with Crippen molar-refractivity contribution in [2.24, 2.45) is 5.41 Å². The molecule has 1 N–H and O–H groups in total. The lowest BCUT2D eigenvalue weighted by Gasteiger charge is -2.34. The minimum atomic E-state index is -0.188. The van der Waals surface area contributed by atoms with E-state index in [0.29, 0.717) is 5.41 Å². The number of amides is 1. The molecule has 2 aliphatic rings. The van der Waals surface area contributed by atoms with Gasteiger partial charge in [0, 0.05) is 25.5 Å². The zero-order valence-corrected chi connectivity index (χ0v) is 14.0. The fourth-order valence-electron chi connectivity index (χ4n) is 3.38. The molecule has 0 aromatic carbocycles. The zero-order chi connectivity index (χ0) is 13.3. The molecule has 3 heterocycles. The summed E-state index contributed by atoms with van der Waals surface area (Å²) in [6.07, 6.45) is 7.15. The van der Waals surface area contributed by atoms with Gasteiger partial charge in [0.2, 0.25) is 5.91 Å². The van der Waals surface area contributed by atoms with Crippen molar-refractivity contribution < 1.29 is 4.79 Å². The molecule has 1 atom stereocenters. The zero-order valence-electron chi connectivity index (χ0n) is 12.3. The first-order valence-electron chi connectivity index (χ1n) is 7.19. The number of piperidine rings is 1. The number of carbonyl (C=O) groups is 1. The predicted molar refractivity (Wildman–Crippen MR) is 87.2 cm³/mol. The van der Waals surface area contributed by atoms with Gasteiger partial charge in [-0.1, -0.05) is 0 Å². The lowest BCUT2D eigenvalue weighted by molar-refractivity contribution is -0.134. The highest BCUT2D eigenvalue weighted by Crippen LogP contribution is 2.39. The minimum absolute atomic E-state index is 0. The number of hydrogen-bond donors (Lipinski definition) is 1. The van der Waals surface area contributed by atoms with Crippen molar-refractivity contribution in [1.29, 1.82) is 0 Å². The first kappa shape index (κ1) is 18.3. The highest BCUT2D eigenvalue weighted by atomic mass is 35.5. The average molecular weight is 335 g/mol. The SMILES string of the molecule is CC(C(=O)N1CCC2(CCNCC2)C1)n1cccn1.Cl.Cl. The van der Waals surface area contributed by atoms with Gasteiger partial charge in [-0.25, -0.2) is 0 Å². The maximum absolute atomic E-state index is 12.5. The number of rotatable bonds is 2. The van der Waals surface area contributed by atoms with Gasteiger partial charge in [-0.05, 0) is 50.8 Å². The Morgan fingerprint density at radius 2 is 2.00 bits per heavy atom. The summed E-state index contributed by atoms with van der Waals surface area (Å²) in [4.78, 5) is 14.6. The van der Waals surface area contributed by atoms with E-state index in [9.17, 15) is 4.79 Å². The third-order valence-corrected chi connectivity index (χ3v) is 4.69. The van der Waals surface area contributed by atoms with Gasteiger partial charge in [0.1, 0.15) is 6.04 Å². The molecule has 0 bridgehead atoms. The number of nitrogens with zero attached hydrogens (tertiary/aromatic N) is 3. The Labute approximate surface area is 138 Å². The smallest absolute Gasteiger partial charge is 0.247 e. The summed E-state index contributed by atoms with van der Waals surface area (Å²) < 4.78 is 1.75. The number of hydrogen-bond acceptors (Lipinski definition) is 3. The van der Waals surface area contributed by atoms with E-state index in [1.54, 1.807) is 10.9 Å². The molecular formula is C14H24Cl2N4O. The van der Waals surface area contributed by atoms with E-state index in [-0.39, 0.29) is 36.8 Å². The van der Waals surface area contributed by atoms with Crippen LogP contribution in [0.4, 0.5) is 0 Å². The van der Waals surface area contributed by atoms with E-state index in [2.05, 4.69) is 10.4 Å². The lowest BCUT2D eigenvalue weighted by Crippen LogP contribution is -2.41. The number of aromatic nitrogens is 2. The normalized spacial score (nSPS) is 21.5. The summed E-state index contributed by atoms with van der Waals surface area (Å²) in [5.41, 5.74) is 0.380. The molecule has 1 amide bonds. The molecule has 21 heavy (non-hydrogen) atoms. The van der Waals surface area contributed by atoms with Crippen molar-refractivity contribution in [3.8, 4) is 0 Å². The summed E-state index contributed by atoms with van der Waals surface area (Å²) in [6.45, 7) is 5.96. The van der Waals surface area contributed by atoms with Gasteiger partial charge in [-0.15, -0.1) is 24.8 Å². The molecule has 2 aliphatic heterocycles. The van der Waals surface area contributed by atoms with Gasteiger partial charge in [0.05, 0.1) is 0 Å². The third-order valence-electron chi connectivity index (χ3n) is 4.69. The average Bonchev–Trinajstić information content (AvgIpc) is 3.08. The fourth-order valence-corrected chi connectivity index (χ4v) is 3.38. The van der Waals surface area contributed by atoms with Crippen LogP contribution < -0.4 is 5.32 Å². The number of carbonyl (C=O) groups excluding carboxylic acids is 1. The van der Waals surface area contributed by atoms with Crippen LogP contribution in [0.1, 0.15) is 32.2 Å². The highest BCUT2D eigenvalue weighted by molar-refractivity contribution is 5.85. The van der Waals surface area contributed by atoms with E-state index >= 15 is 0 Å². The molecule has 1 aromatic heterocycles. The van der Waals surface area contributed by atoms with Crippen molar-refractivity contribution in [2.45, 2.75) is 32.2 Å². The van der Waals surface area contributed by atoms with Crippen LogP contribution in [0.5, 0.6) is 0 Å². The molecule has 3 rings (SSSR count). The largest absolute Gasteiger partial charge is 0.340 e. The topological polar surface area (TPSA) is 50.2 Å². The first-order chi connectivity index (χ1) is 9.20. The summed E-state index contributed by atoms with van der Waals surface area (Å²) in [6, 6.07) is 1.68. The van der Waals surface area contributed by atoms with Crippen LogP contribution in [0.15, 0.2) is 18.5 Å². The van der Waals surface area contributed by atoms with E-state index in [4.69, 9.17) is 0 Å². The Morgan fingerprint density at radius 3 is 2.62 bits per heavy atom. The van der Waals surface area contributed by atoms with Crippen LogP contribution >= 0.6 is 24.8 Å². The Kier molecular flexibility index (Phi) is 6.50. The van der Waals surface area contributed by atoms with Crippen LogP contribution in [-0.2, 0) is 4.79 Å². The van der Waals surface area contributed by atoms with E-state index in [1.165, 1.54) is 12.8 Å². The highest BCUT2D eigenvalue weighted by Gasteiger charge is 2.41. The van der Waals surface area contributed by atoms with Crippen molar-refractivity contribution in [3.63, 3.8) is 0 Å². The molecule has 0 aliphatic carbocycles. The minimum Gasteiger partial charge on any atom is -0.340 e. The Hall–Kier alpha value is -0.780. The predicted octanol–water partition coefficient (Wildman–Crippen LogP) is 1.89. The van der Waals surface area contributed by atoms with E-state index in [0.717, 1.165) is 32.6 Å². The van der Waals surface area contributed by atoms with Gasteiger partial charge >= 0.3 is 0 Å². The van der Waals surface area contributed by atoms with Gasteiger partial charge in [-0.3, -0.25) is 9.48 Å². The first-order valence-corrected chi connectivity index (χ1v) is 7.19. The van der Waals surface area contributed by atoms with E-state index in [1.807, 2.05) is 24.1 Å².